The largest absolute Gasteiger partial charge is 0.389 e. The molecule has 23 heavy (non-hydrogen) atoms. The summed E-state index contributed by atoms with van der Waals surface area (Å²) in [7, 11) is 1.48. The maximum atomic E-state index is 12.2. The fraction of sp³-hybridized carbons (Fsp3) is 0.500. The molecule has 1 aromatic carbocycles. The van der Waals surface area contributed by atoms with E-state index in [4.69, 9.17) is 4.74 Å². The van der Waals surface area contributed by atoms with Gasteiger partial charge in [-0.25, -0.2) is 0 Å². The van der Waals surface area contributed by atoms with Crippen LogP contribution in [0.3, 0.4) is 0 Å². The molecule has 1 heterocycles. The molecule has 126 valence electrons. The zero-order valence-corrected chi connectivity index (χ0v) is 14.8. The van der Waals surface area contributed by atoms with Crippen molar-refractivity contribution in [2.45, 2.75) is 19.4 Å². The minimum absolute atomic E-state index is 0.0655. The zero-order valence-electron chi connectivity index (χ0n) is 13.2. The SMILES string of the molecule is COCC(O)CNC(=O)C1CC(=O)N(c2ccc(Br)c(C)c2)C1. The van der Waals surface area contributed by atoms with E-state index in [0.29, 0.717) is 6.54 Å². The number of nitrogens with one attached hydrogen (secondary N) is 1. The highest BCUT2D eigenvalue weighted by molar-refractivity contribution is 9.10. The van der Waals surface area contributed by atoms with Crippen LogP contribution in [0.2, 0.25) is 0 Å². The van der Waals surface area contributed by atoms with Crippen LogP contribution in [0.15, 0.2) is 22.7 Å². The molecule has 6 nitrogen and oxygen atoms in total. The van der Waals surface area contributed by atoms with Gasteiger partial charge >= 0.3 is 0 Å². The van der Waals surface area contributed by atoms with Crippen LogP contribution < -0.4 is 10.2 Å². The molecule has 1 saturated heterocycles. The van der Waals surface area contributed by atoms with Gasteiger partial charge in [-0.1, -0.05) is 15.9 Å². The summed E-state index contributed by atoms with van der Waals surface area (Å²) in [6, 6.07) is 5.68. The second kappa shape index (κ2) is 7.90. The summed E-state index contributed by atoms with van der Waals surface area (Å²) in [5.74, 6) is -0.685. The average molecular weight is 385 g/mol. The first-order valence-corrected chi connectivity index (χ1v) is 8.23. The second-order valence-corrected chi connectivity index (χ2v) is 6.55. The lowest BCUT2D eigenvalue weighted by Crippen LogP contribution is -2.38. The second-order valence-electron chi connectivity index (χ2n) is 5.69. The number of methoxy groups -OCH3 is 1. The molecule has 2 amide bonds. The minimum Gasteiger partial charge on any atom is -0.389 e. The fourth-order valence-electron chi connectivity index (χ4n) is 2.54. The number of nitrogens with zero attached hydrogens (tertiary/aromatic N) is 1. The van der Waals surface area contributed by atoms with Gasteiger partial charge in [-0.05, 0) is 30.7 Å². The maximum absolute atomic E-state index is 12.2. The molecule has 1 aliphatic rings. The number of aryl methyl sites for hydroxylation is 1. The van der Waals surface area contributed by atoms with E-state index in [1.54, 1.807) is 4.90 Å². The molecule has 1 aromatic rings. The van der Waals surface area contributed by atoms with E-state index >= 15 is 0 Å². The molecule has 7 heteroatoms. The van der Waals surface area contributed by atoms with Crippen molar-refractivity contribution in [3.05, 3.63) is 28.2 Å². The summed E-state index contributed by atoms with van der Waals surface area (Å²) in [5.41, 5.74) is 1.83. The number of benzene rings is 1. The van der Waals surface area contributed by atoms with E-state index in [0.717, 1.165) is 15.7 Å². The first-order valence-electron chi connectivity index (χ1n) is 7.43. The van der Waals surface area contributed by atoms with Crippen molar-refractivity contribution >= 4 is 33.4 Å². The van der Waals surface area contributed by atoms with Crippen LogP contribution in [0.4, 0.5) is 5.69 Å². The monoisotopic (exact) mass is 384 g/mol. The van der Waals surface area contributed by atoms with Gasteiger partial charge in [-0.3, -0.25) is 9.59 Å². The van der Waals surface area contributed by atoms with E-state index in [9.17, 15) is 14.7 Å². The molecule has 2 atom stereocenters. The summed E-state index contributed by atoms with van der Waals surface area (Å²) >= 11 is 3.43. The minimum atomic E-state index is -0.744. The van der Waals surface area contributed by atoms with Crippen molar-refractivity contribution in [2.24, 2.45) is 5.92 Å². The third kappa shape index (κ3) is 4.53. The van der Waals surface area contributed by atoms with Crippen LogP contribution in [0.25, 0.3) is 0 Å². The third-order valence-corrected chi connectivity index (χ3v) is 4.71. The number of rotatable bonds is 6. The Hall–Kier alpha value is -1.44. The van der Waals surface area contributed by atoms with E-state index in [2.05, 4.69) is 21.2 Å². The molecule has 0 spiro atoms. The zero-order chi connectivity index (χ0) is 17.0. The molecule has 1 fully saturated rings. The van der Waals surface area contributed by atoms with E-state index < -0.39 is 12.0 Å². The molecular weight excluding hydrogens is 364 g/mol. The molecular formula is C16H21BrN2O4. The van der Waals surface area contributed by atoms with Gasteiger partial charge in [-0.2, -0.15) is 0 Å². The standard InChI is InChI=1S/C16H21BrN2O4/c1-10-5-12(3-4-14(10)17)19-8-11(6-15(19)21)16(22)18-7-13(20)9-23-2/h3-5,11,13,20H,6-9H2,1-2H3,(H,18,22). The lowest BCUT2D eigenvalue weighted by Gasteiger charge is -2.18. The Balaban J connectivity index is 1.96. The van der Waals surface area contributed by atoms with Gasteiger partial charge in [-0.15, -0.1) is 0 Å². The van der Waals surface area contributed by atoms with Crippen LogP contribution in [0.5, 0.6) is 0 Å². The molecule has 1 aliphatic heterocycles. The smallest absolute Gasteiger partial charge is 0.227 e. The number of aliphatic hydroxyl groups is 1. The predicted octanol–water partition coefficient (Wildman–Crippen LogP) is 1.23. The Morgan fingerprint density at radius 1 is 1.57 bits per heavy atom. The van der Waals surface area contributed by atoms with Crippen LogP contribution in [-0.2, 0) is 14.3 Å². The van der Waals surface area contributed by atoms with E-state index in [-0.39, 0.29) is 31.4 Å². The van der Waals surface area contributed by atoms with Crippen LogP contribution in [0.1, 0.15) is 12.0 Å². The maximum Gasteiger partial charge on any atom is 0.227 e. The first kappa shape index (κ1) is 17.9. The number of amides is 2. The van der Waals surface area contributed by atoms with E-state index in [1.165, 1.54) is 7.11 Å². The summed E-state index contributed by atoms with van der Waals surface area (Å²) < 4.78 is 5.79. The molecule has 2 N–H and O–H groups in total. The molecule has 0 aliphatic carbocycles. The van der Waals surface area contributed by atoms with Gasteiger partial charge in [0.05, 0.1) is 18.6 Å². The Morgan fingerprint density at radius 2 is 2.30 bits per heavy atom. The highest BCUT2D eigenvalue weighted by atomic mass is 79.9. The number of ether oxygens (including phenoxy) is 1. The lowest BCUT2D eigenvalue weighted by molar-refractivity contribution is -0.126. The normalized spacial score (nSPS) is 19.0. The van der Waals surface area contributed by atoms with Crippen molar-refractivity contribution < 1.29 is 19.4 Å². The van der Waals surface area contributed by atoms with Gasteiger partial charge in [0.25, 0.3) is 0 Å². The summed E-state index contributed by atoms with van der Waals surface area (Å²) in [6.07, 6.45) is -0.562. The number of aliphatic hydroxyl groups excluding tert-OH is 1. The summed E-state index contributed by atoms with van der Waals surface area (Å²) in [4.78, 5) is 26.0. The number of hydrogen-bond acceptors (Lipinski definition) is 4. The number of carbonyl (C=O) groups is 2. The Kier molecular flexibility index (Phi) is 6.15. The highest BCUT2D eigenvalue weighted by Crippen LogP contribution is 2.28. The molecule has 0 radical (unpaired) electrons. The van der Waals surface area contributed by atoms with Crippen molar-refractivity contribution in [1.82, 2.24) is 5.32 Å². The third-order valence-electron chi connectivity index (χ3n) is 3.82. The van der Waals surface area contributed by atoms with Gasteiger partial charge in [0.2, 0.25) is 11.8 Å². The molecule has 2 unspecified atom stereocenters. The Morgan fingerprint density at radius 3 is 2.96 bits per heavy atom. The molecule has 2 rings (SSSR count). The number of halogens is 1. The van der Waals surface area contributed by atoms with Gasteiger partial charge in [0, 0.05) is 36.8 Å². The number of anilines is 1. The molecule has 0 bridgehead atoms. The van der Waals surface area contributed by atoms with Crippen molar-refractivity contribution in [3.8, 4) is 0 Å². The van der Waals surface area contributed by atoms with E-state index in [1.807, 2.05) is 25.1 Å². The quantitative estimate of drug-likeness (QED) is 0.772. The fourth-order valence-corrected chi connectivity index (χ4v) is 2.79. The lowest BCUT2D eigenvalue weighted by atomic mass is 10.1. The summed E-state index contributed by atoms with van der Waals surface area (Å²) in [5, 5.41) is 12.2. The van der Waals surface area contributed by atoms with Crippen molar-refractivity contribution in [3.63, 3.8) is 0 Å². The van der Waals surface area contributed by atoms with Crippen LogP contribution in [-0.4, -0.2) is 49.8 Å². The molecule has 0 saturated carbocycles. The van der Waals surface area contributed by atoms with Gasteiger partial charge < -0.3 is 20.1 Å². The predicted molar refractivity (Wildman–Crippen MR) is 90.2 cm³/mol. The number of carbonyl (C=O) groups excluding carboxylic acids is 2. The van der Waals surface area contributed by atoms with Crippen molar-refractivity contribution in [1.29, 1.82) is 0 Å². The van der Waals surface area contributed by atoms with Crippen LogP contribution >= 0.6 is 15.9 Å². The van der Waals surface area contributed by atoms with Crippen molar-refractivity contribution in [2.75, 3.05) is 31.7 Å². The Labute approximate surface area is 143 Å². The van der Waals surface area contributed by atoms with Crippen LogP contribution in [0, 0.1) is 12.8 Å². The van der Waals surface area contributed by atoms with Gasteiger partial charge in [0.15, 0.2) is 0 Å². The number of hydrogen-bond donors (Lipinski definition) is 2. The highest BCUT2D eigenvalue weighted by Gasteiger charge is 2.35. The molecule has 0 aromatic heterocycles. The van der Waals surface area contributed by atoms with Gasteiger partial charge in [0.1, 0.15) is 0 Å². The summed E-state index contributed by atoms with van der Waals surface area (Å²) in [6.45, 7) is 2.59. The Bertz CT molecular complexity index is 593. The topological polar surface area (TPSA) is 78.9 Å². The first-order chi connectivity index (χ1) is 10.9. The average Bonchev–Trinajstić information content (AvgIpc) is 2.90.